The lowest BCUT2D eigenvalue weighted by atomic mass is 10.1. The minimum Gasteiger partial charge on any atom is -0.371 e. The number of carbonyl (C=O) groups is 1. The van der Waals surface area contributed by atoms with Crippen LogP contribution in [0.2, 0.25) is 0 Å². The summed E-state index contributed by atoms with van der Waals surface area (Å²) in [5.74, 6) is -0.213. The molecule has 3 heterocycles. The smallest absolute Gasteiger partial charge is 0.277 e. The van der Waals surface area contributed by atoms with E-state index in [1.165, 1.54) is 17.4 Å². The van der Waals surface area contributed by atoms with E-state index in [-0.39, 0.29) is 17.7 Å². The van der Waals surface area contributed by atoms with E-state index in [4.69, 9.17) is 4.74 Å². The number of rotatable bonds is 3. The number of nitrogens with zero attached hydrogens (tertiary/aromatic N) is 3. The number of aromatic nitrogens is 1. The number of nitro groups is 1. The van der Waals surface area contributed by atoms with Gasteiger partial charge in [0, 0.05) is 24.6 Å². The van der Waals surface area contributed by atoms with Gasteiger partial charge in [-0.15, -0.1) is 11.3 Å². The van der Waals surface area contributed by atoms with Gasteiger partial charge in [-0.2, -0.15) is 0 Å². The van der Waals surface area contributed by atoms with Crippen LogP contribution in [0.15, 0.2) is 23.6 Å². The highest BCUT2D eigenvalue weighted by molar-refractivity contribution is 7.09. The highest BCUT2D eigenvalue weighted by Crippen LogP contribution is 2.36. The number of benzene rings is 1. The number of hydrogen-bond acceptors (Lipinski definition) is 6. The van der Waals surface area contributed by atoms with Gasteiger partial charge in [0.25, 0.3) is 11.6 Å². The number of anilines is 1. The van der Waals surface area contributed by atoms with Crippen LogP contribution in [0.3, 0.4) is 0 Å². The van der Waals surface area contributed by atoms with Crippen molar-refractivity contribution in [1.29, 1.82) is 0 Å². The van der Waals surface area contributed by atoms with Crippen molar-refractivity contribution < 1.29 is 14.5 Å². The lowest BCUT2D eigenvalue weighted by Gasteiger charge is -2.15. The molecule has 0 radical (unpaired) electrons. The van der Waals surface area contributed by atoms with Crippen LogP contribution in [0, 0.1) is 10.1 Å². The Morgan fingerprint density at radius 2 is 2.33 bits per heavy atom. The van der Waals surface area contributed by atoms with Crippen LogP contribution in [-0.4, -0.2) is 29.0 Å². The van der Waals surface area contributed by atoms with Gasteiger partial charge in [-0.1, -0.05) is 6.07 Å². The zero-order chi connectivity index (χ0) is 16.7. The predicted octanol–water partition coefficient (Wildman–Crippen LogP) is 3.11. The first-order chi connectivity index (χ1) is 11.6. The van der Waals surface area contributed by atoms with Crippen LogP contribution in [0.1, 0.15) is 40.0 Å². The minimum atomic E-state index is -0.398. The zero-order valence-corrected chi connectivity index (χ0v) is 13.6. The number of fused-ring (bicyclic) bond motifs is 1. The second-order valence-electron chi connectivity index (χ2n) is 5.81. The van der Waals surface area contributed by atoms with E-state index in [0.29, 0.717) is 29.9 Å². The van der Waals surface area contributed by atoms with Gasteiger partial charge in [0.1, 0.15) is 16.8 Å². The largest absolute Gasteiger partial charge is 0.371 e. The molecule has 2 aliphatic rings. The van der Waals surface area contributed by atoms with Crippen LogP contribution in [0.4, 0.5) is 11.4 Å². The first kappa shape index (κ1) is 15.2. The number of hydrogen-bond donors (Lipinski definition) is 0. The van der Waals surface area contributed by atoms with Crippen molar-refractivity contribution in [2.75, 3.05) is 18.1 Å². The molecular weight excluding hydrogens is 330 g/mol. The molecule has 2 aromatic rings. The first-order valence-corrected chi connectivity index (χ1v) is 8.68. The van der Waals surface area contributed by atoms with E-state index < -0.39 is 4.92 Å². The maximum absolute atomic E-state index is 12.8. The fourth-order valence-corrected chi connectivity index (χ4v) is 4.12. The molecule has 8 heteroatoms. The first-order valence-electron chi connectivity index (χ1n) is 7.80. The molecule has 0 unspecified atom stereocenters. The number of carbonyl (C=O) groups excluding carboxylic acids is 1. The van der Waals surface area contributed by atoms with Crippen LogP contribution >= 0.6 is 11.3 Å². The highest BCUT2D eigenvalue weighted by Gasteiger charge is 2.32. The summed E-state index contributed by atoms with van der Waals surface area (Å²) in [7, 11) is 0. The molecule has 0 saturated carbocycles. The van der Waals surface area contributed by atoms with Crippen LogP contribution in [0.25, 0.3) is 0 Å². The molecule has 4 rings (SSSR count). The normalized spacial score (nSPS) is 19.5. The number of thiazole rings is 1. The van der Waals surface area contributed by atoms with Gasteiger partial charge < -0.3 is 9.64 Å². The Hall–Kier alpha value is -2.32. The molecule has 24 heavy (non-hydrogen) atoms. The minimum absolute atomic E-state index is 0.0106. The van der Waals surface area contributed by atoms with Gasteiger partial charge >= 0.3 is 0 Å². The average Bonchev–Trinajstić information content (AvgIpc) is 3.31. The molecule has 0 N–H and O–H groups in total. The average molecular weight is 345 g/mol. The van der Waals surface area contributed by atoms with Crippen molar-refractivity contribution in [2.24, 2.45) is 0 Å². The Balaban J connectivity index is 1.61. The molecule has 7 nitrogen and oxygen atoms in total. The van der Waals surface area contributed by atoms with Crippen molar-refractivity contribution >= 4 is 28.6 Å². The van der Waals surface area contributed by atoms with Crippen LogP contribution in [0.5, 0.6) is 0 Å². The predicted molar refractivity (Wildman–Crippen MR) is 88.5 cm³/mol. The van der Waals surface area contributed by atoms with Crippen molar-refractivity contribution in [3.8, 4) is 0 Å². The van der Waals surface area contributed by atoms with E-state index in [0.717, 1.165) is 24.5 Å². The standard InChI is InChI=1S/C16H15N3O4S/c20-16(11-9-24-15(17-11)14-5-2-8-23-14)18-7-6-10-12(18)3-1-4-13(10)19(21)22/h1,3-4,9,14H,2,5-8H2/t14-/m1/s1. The Morgan fingerprint density at radius 3 is 3.08 bits per heavy atom. The fraction of sp³-hybridized carbons (Fsp3) is 0.375. The van der Waals surface area contributed by atoms with Gasteiger partial charge in [-0.3, -0.25) is 14.9 Å². The van der Waals surface area contributed by atoms with Gasteiger partial charge in [-0.25, -0.2) is 4.98 Å². The van der Waals surface area contributed by atoms with Crippen molar-refractivity contribution in [3.05, 3.63) is 50.0 Å². The van der Waals surface area contributed by atoms with Crippen molar-refractivity contribution in [3.63, 3.8) is 0 Å². The van der Waals surface area contributed by atoms with Crippen LogP contribution < -0.4 is 4.90 Å². The second-order valence-corrected chi connectivity index (χ2v) is 6.70. The summed E-state index contributed by atoms with van der Waals surface area (Å²) in [5, 5.41) is 13.7. The second kappa shape index (κ2) is 5.95. The van der Waals surface area contributed by atoms with Crippen molar-refractivity contribution in [1.82, 2.24) is 4.98 Å². The number of amides is 1. The maximum atomic E-state index is 12.8. The third-order valence-electron chi connectivity index (χ3n) is 4.39. The molecule has 1 fully saturated rings. The Bertz CT molecular complexity index is 813. The monoisotopic (exact) mass is 345 g/mol. The lowest BCUT2D eigenvalue weighted by Crippen LogP contribution is -2.29. The van der Waals surface area contributed by atoms with E-state index in [2.05, 4.69) is 4.98 Å². The Morgan fingerprint density at radius 1 is 1.46 bits per heavy atom. The Labute approximate surface area is 142 Å². The van der Waals surface area contributed by atoms with E-state index in [1.54, 1.807) is 22.4 Å². The summed E-state index contributed by atoms with van der Waals surface area (Å²) in [6.45, 7) is 1.17. The van der Waals surface area contributed by atoms with E-state index in [1.807, 2.05) is 0 Å². The quantitative estimate of drug-likeness (QED) is 0.630. The molecule has 1 atom stereocenters. The molecule has 2 aliphatic heterocycles. The molecule has 124 valence electrons. The summed E-state index contributed by atoms with van der Waals surface area (Å²) in [4.78, 5) is 29.5. The summed E-state index contributed by atoms with van der Waals surface area (Å²) in [5.41, 5.74) is 1.68. The molecule has 1 aromatic carbocycles. The molecule has 0 aliphatic carbocycles. The topological polar surface area (TPSA) is 85.6 Å². The van der Waals surface area contributed by atoms with Crippen molar-refractivity contribution in [2.45, 2.75) is 25.4 Å². The molecule has 0 spiro atoms. The van der Waals surface area contributed by atoms with Gasteiger partial charge in [0.15, 0.2) is 0 Å². The Kier molecular flexibility index (Phi) is 3.78. The number of ether oxygens (including phenoxy) is 1. The van der Waals surface area contributed by atoms with Gasteiger partial charge in [-0.05, 0) is 25.3 Å². The summed E-state index contributed by atoms with van der Waals surface area (Å²) in [6.07, 6.45) is 2.42. The van der Waals surface area contributed by atoms with Gasteiger partial charge in [0.2, 0.25) is 0 Å². The fourth-order valence-electron chi connectivity index (χ4n) is 3.24. The molecule has 0 bridgehead atoms. The lowest BCUT2D eigenvalue weighted by molar-refractivity contribution is -0.385. The SMILES string of the molecule is O=C(c1csc([C@H]2CCCO2)n1)N1CCc2c1cccc2[N+](=O)[O-]. The summed E-state index contributed by atoms with van der Waals surface area (Å²) < 4.78 is 5.60. The summed E-state index contributed by atoms with van der Waals surface area (Å²) >= 11 is 1.43. The van der Waals surface area contributed by atoms with E-state index >= 15 is 0 Å². The summed E-state index contributed by atoms with van der Waals surface area (Å²) in [6, 6.07) is 4.84. The number of nitro benzene ring substituents is 1. The molecule has 1 amide bonds. The highest BCUT2D eigenvalue weighted by atomic mass is 32.1. The third-order valence-corrected chi connectivity index (χ3v) is 5.33. The van der Waals surface area contributed by atoms with E-state index in [9.17, 15) is 14.9 Å². The molecular formula is C16H15N3O4S. The molecule has 1 saturated heterocycles. The maximum Gasteiger partial charge on any atom is 0.277 e. The van der Waals surface area contributed by atoms with Gasteiger partial charge in [0.05, 0.1) is 16.2 Å². The molecule has 1 aromatic heterocycles. The zero-order valence-electron chi connectivity index (χ0n) is 12.8. The van der Waals surface area contributed by atoms with Crippen LogP contribution in [-0.2, 0) is 11.2 Å². The third kappa shape index (κ3) is 2.47.